The molecule has 0 fully saturated rings. The molecule has 6 aromatic heterocycles. The summed E-state index contributed by atoms with van der Waals surface area (Å²) in [7, 11) is 0.670. The van der Waals surface area contributed by atoms with Crippen molar-refractivity contribution in [3.8, 4) is 79.4 Å². The number of halogens is 7. The lowest BCUT2D eigenvalue weighted by Crippen LogP contribution is -2.18. The molecule has 14 rings (SSSR count). The Hall–Kier alpha value is -9.59. The van der Waals surface area contributed by atoms with E-state index in [-0.39, 0.29) is 77.4 Å². The zero-order valence-corrected chi connectivity index (χ0v) is 52.8. The van der Waals surface area contributed by atoms with Crippen LogP contribution in [-0.2, 0) is 32.5 Å². The number of pyridine rings is 2. The summed E-state index contributed by atoms with van der Waals surface area (Å²) in [6.45, 7) is 0.394. The van der Waals surface area contributed by atoms with Crippen LogP contribution in [0.15, 0.2) is 154 Å². The number of furan rings is 2. The van der Waals surface area contributed by atoms with Gasteiger partial charge >= 0.3 is 0 Å². The molecular formula is C66H51Cl3F4N8O10S2. The number of carbonyl (C=O) groups is 2. The number of hydrogen-bond acceptors (Lipinski definition) is 13. The molecule has 0 spiro atoms. The van der Waals surface area contributed by atoms with E-state index in [1.807, 2.05) is 15.2 Å². The number of aromatic nitrogens is 4. The number of benzene rings is 6. The topological polar surface area (TPSA) is 245 Å². The number of nitrogens with two attached hydrogens (primary N) is 1. The third-order valence-corrected chi connectivity index (χ3v) is 18.5. The molecule has 18 nitrogen and oxygen atoms in total. The van der Waals surface area contributed by atoms with Gasteiger partial charge in [-0.3, -0.25) is 14.3 Å². The van der Waals surface area contributed by atoms with E-state index < -0.39 is 36.6 Å². The van der Waals surface area contributed by atoms with Gasteiger partial charge in [-0.25, -0.2) is 44.4 Å². The lowest BCUT2D eigenvalue weighted by Gasteiger charge is -2.21. The lowest BCUT2D eigenvalue weighted by atomic mass is 10.0. The summed E-state index contributed by atoms with van der Waals surface area (Å²) in [4.78, 5) is 36.0. The zero-order chi connectivity index (χ0) is 65.6. The molecule has 0 radical (unpaired) electrons. The van der Waals surface area contributed by atoms with Gasteiger partial charge in [-0.1, -0.05) is 12.1 Å². The van der Waals surface area contributed by atoms with Crippen molar-refractivity contribution in [3.63, 3.8) is 0 Å². The van der Waals surface area contributed by atoms with Crippen LogP contribution in [0.3, 0.4) is 0 Å². The van der Waals surface area contributed by atoms with Crippen molar-refractivity contribution in [2.24, 2.45) is 0 Å². The standard InChI is InChI=1S/C33H25ClF2N4O5S.C30H20F2N4O3.C3H6Cl2O2S/c1-37-33(41)30-22-14-21(24-10-11-28-31(38-24)27-15-20-23(36)4-2-5-26(20)40(27)17-44-28)25(39-46(42,43)13-3-12-34)16-29(22)45-32(30)18-6-8-19(35)9-7-18;1-34-30(37)27-19-11-18(21(33)13-26(19)39-29(27)15-5-7-16(31)8-6-15)22-9-10-25-28(35-22)24-12-17-20(32)3-2-4-23(17)36(24)14-38-25;4-2-1-3-8(5,6)7/h2,4-11,14-16,39H,3,12-13,17H2,1H3,(H,37,41);2-13H,14,33H2,1H3,(H,34,37);1-3H2. The molecule has 0 atom stereocenters. The van der Waals surface area contributed by atoms with Crippen LogP contribution >= 0.6 is 33.9 Å². The molecule has 0 bridgehead atoms. The normalized spacial score (nSPS) is 12.4. The molecule has 93 heavy (non-hydrogen) atoms. The predicted molar refractivity (Wildman–Crippen MR) is 352 cm³/mol. The number of nitrogens with one attached hydrogen (secondary N) is 3. The van der Waals surface area contributed by atoms with Crippen molar-refractivity contribution in [2.45, 2.75) is 26.3 Å². The molecule has 6 aromatic carbocycles. The first-order chi connectivity index (χ1) is 44.7. The first-order valence-corrected chi connectivity index (χ1v) is 33.7. The van der Waals surface area contributed by atoms with Gasteiger partial charge in [-0.2, -0.15) is 0 Å². The molecule has 2 aliphatic rings. The summed E-state index contributed by atoms with van der Waals surface area (Å²) in [6.07, 6.45) is 0.647. The highest BCUT2D eigenvalue weighted by Gasteiger charge is 2.30. The fourth-order valence-corrected chi connectivity index (χ4v) is 13.6. The Morgan fingerprint density at radius 2 is 1.02 bits per heavy atom. The number of ether oxygens (including phenoxy) is 2. The van der Waals surface area contributed by atoms with Crippen molar-refractivity contribution < 1.29 is 62.3 Å². The molecule has 0 saturated carbocycles. The molecule has 0 saturated heterocycles. The van der Waals surface area contributed by atoms with Crippen LogP contribution in [0.5, 0.6) is 11.5 Å². The molecular weight excluding hydrogens is 1310 g/mol. The Morgan fingerprint density at radius 1 is 0.570 bits per heavy atom. The second-order valence-corrected chi connectivity index (χ2v) is 26.8. The maximum absolute atomic E-state index is 14.7. The molecule has 5 N–H and O–H groups in total. The van der Waals surface area contributed by atoms with Crippen LogP contribution < -0.4 is 30.6 Å². The van der Waals surface area contributed by atoms with Crippen LogP contribution in [0.4, 0.5) is 28.9 Å². The van der Waals surface area contributed by atoms with Crippen LogP contribution in [-0.4, -0.2) is 85.1 Å². The second kappa shape index (κ2) is 25.8. The van der Waals surface area contributed by atoms with E-state index in [9.17, 15) is 44.0 Å². The molecule has 27 heteroatoms. The van der Waals surface area contributed by atoms with Gasteiger partial charge in [-0.05, 0) is 134 Å². The van der Waals surface area contributed by atoms with E-state index in [0.717, 1.165) is 5.69 Å². The summed E-state index contributed by atoms with van der Waals surface area (Å²) in [5, 5.41) is 7.09. The number of rotatable bonds is 14. The van der Waals surface area contributed by atoms with Gasteiger partial charge in [0.15, 0.2) is 13.5 Å². The van der Waals surface area contributed by atoms with E-state index in [4.69, 9.17) is 67.9 Å². The van der Waals surface area contributed by atoms with E-state index in [2.05, 4.69) is 15.4 Å². The number of carbonyl (C=O) groups excluding carboxylic acids is 2. The Kier molecular flexibility index (Phi) is 17.7. The molecule has 2 amide bonds. The number of nitrogens with zero attached hydrogens (tertiary/aromatic N) is 4. The highest BCUT2D eigenvalue weighted by Crippen LogP contribution is 2.45. The van der Waals surface area contributed by atoms with Gasteiger partial charge in [0, 0.05) is 98.2 Å². The highest BCUT2D eigenvalue weighted by molar-refractivity contribution is 8.13. The third kappa shape index (κ3) is 12.6. The Labute approximate surface area is 542 Å². The molecule has 476 valence electrons. The van der Waals surface area contributed by atoms with E-state index >= 15 is 0 Å². The fraction of sp³-hybridized carbons (Fsp3) is 0.152. The Balaban J connectivity index is 0.000000162. The second-order valence-electron chi connectivity index (χ2n) is 21.3. The summed E-state index contributed by atoms with van der Waals surface area (Å²) < 4.78 is 133. The van der Waals surface area contributed by atoms with Crippen molar-refractivity contribution in [1.29, 1.82) is 0 Å². The molecule has 8 heterocycles. The number of hydrogen-bond donors (Lipinski definition) is 4. The summed E-state index contributed by atoms with van der Waals surface area (Å²) in [5.41, 5.74) is 14.6. The van der Waals surface area contributed by atoms with Crippen molar-refractivity contribution in [2.75, 3.05) is 47.8 Å². The van der Waals surface area contributed by atoms with Gasteiger partial charge in [0.05, 0.1) is 62.1 Å². The van der Waals surface area contributed by atoms with E-state index in [1.165, 1.54) is 68.7 Å². The summed E-state index contributed by atoms with van der Waals surface area (Å²) in [5.74, 6) is -0.608. The van der Waals surface area contributed by atoms with Crippen molar-refractivity contribution in [1.82, 2.24) is 29.7 Å². The highest BCUT2D eigenvalue weighted by atomic mass is 35.7. The minimum absolute atomic E-state index is 0.0297. The molecule has 2 aliphatic heterocycles. The van der Waals surface area contributed by atoms with Gasteiger partial charge in [0.1, 0.15) is 68.8 Å². The molecule has 0 aliphatic carbocycles. The molecule has 0 unspecified atom stereocenters. The summed E-state index contributed by atoms with van der Waals surface area (Å²) in [6, 6.07) is 37.9. The third-order valence-electron chi connectivity index (χ3n) is 15.4. The van der Waals surface area contributed by atoms with Crippen molar-refractivity contribution >= 4 is 120 Å². The smallest absolute Gasteiger partial charge is 0.255 e. The first-order valence-electron chi connectivity index (χ1n) is 28.5. The number of alkyl halides is 2. The van der Waals surface area contributed by atoms with Gasteiger partial charge < -0.3 is 43.8 Å². The van der Waals surface area contributed by atoms with Crippen LogP contribution in [0, 0.1) is 23.3 Å². The Bertz CT molecular complexity index is 5200. The fourth-order valence-electron chi connectivity index (χ4n) is 11.0. The number of fused-ring (bicyclic) bond motifs is 12. The maximum Gasteiger partial charge on any atom is 0.255 e. The van der Waals surface area contributed by atoms with Crippen molar-refractivity contribution in [3.05, 3.63) is 180 Å². The summed E-state index contributed by atoms with van der Waals surface area (Å²) >= 11 is 11.0. The Morgan fingerprint density at radius 3 is 1.47 bits per heavy atom. The average Bonchev–Trinajstić information content (AvgIpc) is 1.66. The lowest BCUT2D eigenvalue weighted by molar-refractivity contribution is 0.0956. The van der Waals surface area contributed by atoms with Crippen LogP contribution in [0.25, 0.3) is 112 Å². The maximum atomic E-state index is 14.7. The predicted octanol–water partition coefficient (Wildman–Crippen LogP) is 14.7. The van der Waals surface area contributed by atoms with Crippen LogP contribution in [0.2, 0.25) is 0 Å². The minimum Gasteiger partial charge on any atom is -0.470 e. The van der Waals surface area contributed by atoms with E-state index in [0.29, 0.717) is 130 Å². The number of amides is 2. The van der Waals surface area contributed by atoms with Crippen LogP contribution in [0.1, 0.15) is 33.6 Å². The number of nitrogen functional groups attached to an aromatic ring is 1. The minimum atomic E-state index is -3.86. The SMILES string of the molecule is CNC(=O)c1c(-c2ccc(F)cc2)oc2cc(N)c(-c3ccc4c(n3)-c3cc5c(F)cccc5n3CO4)cc12.CNC(=O)c1c(-c2ccc(F)cc2)oc2cc(NS(=O)(=O)CCCCl)c(-c3ccc4c(n3)-c3cc5c(F)cccc5n3CO4)cc12.O=S(=O)(Cl)CCCCl. The monoisotopic (exact) mass is 1360 g/mol. The first kappa shape index (κ1) is 63.6. The molecule has 12 aromatic rings. The zero-order valence-electron chi connectivity index (χ0n) is 48.9. The van der Waals surface area contributed by atoms with E-state index in [1.54, 1.807) is 84.9 Å². The number of anilines is 2. The quantitative estimate of drug-likeness (QED) is 0.0343. The number of sulfonamides is 1. The van der Waals surface area contributed by atoms with Gasteiger partial charge in [-0.15, -0.1) is 23.2 Å². The van der Waals surface area contributed by atoms with Gasteiger partial charge in [0.25, 0.3) is 11.8 Å². The average molecular weight is 1360 g/mol. The van der Waals surface area contributed by atoms with Gasteiger partial charge in [0.2, 0.25) is 19.1 Å². The largest absolute Gasteiger partial charge is 0.470 e.